The fourth-order valence-corrected chi connectivity index (χ4v) is 2.40. The van der Waals surface area contributed by atoms with Crippen molar-refractivity contribution in [2.45, 2.75) is 45.1 Å². The summed E-state index contributed by atoms with van der Waals surface area (Å²) in [5.41, 5.74) is 6.84. The molecule has 3 N–H and O–H groups in total. The van der Waals surface area contributed by atoms with Crippen LogP contribution in [0.1, 0.15) is 38.2 Å². The van der Waals surface area contributed by atoms with Gasteiger partial charge < -0.3 is 11.1 Å². The van der Waals surface area contributed by atoms with Crippen molar-refractivity contribution in [3.63, 3.8) is 0 Å². The normalized spacial score (nSPS) is 12.2. The van der Waals surface area contributed by atoms with Gasteiger partial charge in [0.05, 0.1) is 0 Å². The van der Waals surface area contributed by atoms with E-state index in [9.17, 15) is 4.79 Å². The zero-order chi connectivity index (χ0) is 14.1. The molecule has 19 heavy (non-hydrogen) atoms. The Bertz CT molecular complexity index is 395. The van der Waals surface area contributed by atoms with Crippen molar-refractivity contribution < 1.29 is 4.79 Å². The number of benzene rings is 1. The van der Waals surface area contributed by atoms with Gasteiger partial charge in [-0.25, -0.2) is 0 Å². The van der Waals surface area contributed by atoms with Crippen LogP contribution < -0.4 is 11.1 Å². The topological polar surface area (TPSA) is 55.1 Å². The summed E-state index contributed by atoms with van der Waals surface area (Å²) < 4.78 is 1.05. The van der Waals surface area contributed by atoms with E-state index in [2.05, 4.69) is 28.2 Å². The number of halogens is 1. The van der Waals surface area contributed by atoms with E-state index in [0.29, 0.717) is 13.0 Å². The Balaban J connectivity index is 2.34. The molecule has 1 unspecified atom stereocenters. The Morgan fingerprint density at radius 2 is 2.26 bits per heavy atom. The highest BCUT2D eigenvalue weighted by Crippen LogP contribution is 2.13. The summed E-state index contributed by atoms with van der Waals surface area (Å²) in [6.07, 6.45) is 4.48. The molecular weight excluding hydrogens is 304 g/mol. The van der Waals surface area contributed by atoms with Crippen molar-refractivity contribution in [3.05, 3.63) is 34.3 Å². The van der Waals surface area contributed by atoms with Crippen LogP contribution in [0.3, 0.4) is 0 Å². The average Bonchev–Trinajstić information content (AvgIpc) is 2.41. The van der Waals surface area contributed by atoms with Gasteiger partial charge in [0.25, 0.3) is 0 Å². The molecule has 0 aliphatic carbocycles. The van der Waals surface area contributed by atoms with Crippen molar-refractivity contribution in [2.75, 3.05) is 6.54 Å². The number of nitrogens with two attached hydrogens (primary N) is 1. The highest BCUT2D eigenvalue weighted by molar-refractivity contribution is 9.10. The zero-order valence-corrected chi connectivity index (χ0v) is 13.1. The molecule has 0 radical (unpaired) electrons. The second kappa shape index (κ2) is 9.10. The van der Waals surface area contributed by atoms with Gasteiger partial charge in [-0.15, -0.1) is 0 Å². The minimum atomic E-state index is 0.0894. The zero-order valence-electron chi connectivity index (χ0n) is 11.5. The first kappa shape index (κ1) is 16.2. The molecule has 0 saturated heterocycles. The number of hydrogen-bond donors (Lipinski definition) is 2. The van der Waals surface area contributed by atoms with E-state index in [1.165, 1.54) is 5.56 Å². The molecule has 0 spiro atoms. The Hall–Kier alpha value is -0.870. The molecule has 0 bridgehead atoms. The van der Waals surface area contributed by atoms with E-state index in [-0.39, 0.29) is 11.9 Å². The third-order valence-corrected chi connectivity index (χ3v) is 3.58. The molecule has 1 amide bonds. The lowest BCUT2D eigenvalue weighted by atomic mass is 10.1. The fraction of sp³-hybridized carbons (Fsp3) is 0.533. The predicted octanol–water partition coefficient (Wildman–Crippen LogP) is 3.02. The number of carbonyl (C=O) groups is 1. The summed E-state index contributed by atoms with van der Waals surface area (Å²) in [7, 11) is 0. The van der Waals surface area contributed by atoms with Crippen LogP contribution in [0.15, 0.2) is 28.7 Å². The number of amides is 1. The fourth-order valence-electron chi connectivity index (χ4n) is 1.95. The molecule has 0 aromatic heterocycles. The van der Waals surface area contributed by atoms with Crippen LogP contribution in [0.2, 0.25) is 0 Å². The second-order valence-electron chi connectivity index (χ2n) is 4.77. The average molecular weight is 327 g/mol. The van der Waals surface area contributed by atoms with E-state index >= 15 is 0 Å². The lowest BCUT2D eigenvalue weighted by molar-refractivity contribution is -0.121. The van der Waals surface area contributed by atoms with Gasteiger partial charge in [-0.2, -0.15) is 0 Å². The molecule has 0 fully saturated rings. The lowest BCUT2D eigenvalue weighted by Crippen LogP contribution is -2.40. The molecule has 4 heteroatoms. The standard InChI is InChI=1S/C15H23BrN2O/c1-2-3-7-14(11-17)18-15(19)9-8-12-5-4-6-13(16)10-12/h4-6,10,14H,2-3,7-9,11,17H2,1H3,(H,18,19). The summed E-state index contributed by atoms with van der Waals surface area (Å²) in [6.45, 7) is 2.66. The number of carbonyl (C=O) groups excluding carboxylic acids is 1. The van der Waals surface area contributed by atoms with Gasteiger partial charge in [-0.3, -0.25) is 4.79 Å². The van der Waals surface area contributed by atoms with Crippen molar-refractivity contribution in [1.82, 2.24) is 5.32 Å². The van der Waals surface area contributed by atoms with Crippen LogP contribution in [0.4, 0.5) is 0 Å². The van der Waals surface area contributed by atoms with E-state index in [1.807, 2.05) is 24.3 Å². The van der Waals surface area contributed by atoms with E-state index in [0.717, 1.165) is 30.2 Å². The number of hydrogen-bond acceptors (Lipinski definition) is 2. The summed E-state index contributed by atoms with van der Waals surface area (Å²) in [5.74, 6) is 0.0894. The van der Waals surface area contributed by atoms with E-state index in [1.54, 1.807) is 0 Å². The monoisotopic (exact) mass is 326 g/mol. The molecule has 1 aromatic rings. The molecule has 1 atom stereocenters. The lowest BCUT2D eigenvalue weighted by Gasteiger charge is -2.16. The van der Waals surface area contributed by atoms with Crippen LogP contribution in [0, 0.1) is 0 Å². The number of nitrogens with one attached hydrogen (secondary N) is 1. The van der Waals surface area contributed by atoms with Gasteiger partial charge in [0, 0.05) is 23.5 Å². The van der Waals surface area contributed by atoms with Crippen LogP contribution in [0.25, 0.3) is 0 Å². The Morgan fingerprint density at radius 3 is 2.89 bits per heavy atom. The maximum absolute atomic E-state index is 11.9. The maximum Gasteiger partial charge on any atom is 0.220 e. The van der Waals surface area contributed by atoms with Crippen molar-refractivity contribution in [3.8, 4) is 0 Å². The van der Waals surface area contributed by atoms with Crippen LogP contribution in [-0.4, -0.2) is 18.5 Å². The molecule has 1 rings (SSSR count). The summed E-state index contributed by atoms with van der Waals surface area (Å²) >= 11 is 3.43. The molecule has 3 nitrogen and oxygen atoms in total. The molecular formula is C15H23BrN2O. The molecule has 106 valence electrons. The Labute approximate surface area is 124 Å². The highest BCUT2D eigenvalue weighted by atomic mass is 79.9. The minimum Gasteiger partial charge on any atom is -0.352 e. The van der Waals surface area contributed by atoms with E-state index < -0.39 is 0 Å². The first-order chi connectivity index (χ1) is 9.15. The maximum atomic E-state index is 11.9. The first-order valence-electron chi connectivity index (χ1n) is 6.89. The quantitative estimate of drug-likeness (QED) is 0.771. The van der Waals surface area contributed by atoms with Crippen molar-refractivity contribution in [1.29, 1.82) is 0 Å². The molecule has 0 aliphatic heterocycles. The molecule has 0 saturated carbocycles. The van der Waals surface area contributed by atoms with Gasteiger partial charge in [0.1, 0.15) is 0 Å². The van der Waals surface area contributed by atoms with Gasteiger partial charge >= 0.3 is 0 Å². The molecule has 1 aromatic carbocycles. The van der Waals surface area contributed by atoms with Gasteiger partial charge in [0.2, 0.25) is 5.91 Å². The van der Waals surface area contributed by atoms with Gasteiger partial charge in [-0.1, -0.05) is 47.8 Å². The predicted molar refractivity (Wildman–Crippen MR) is 83.0 cm³/mol. The Kier molecular flexibility index (Phi) is 7.75. The number of aryl methyl sites for hydroxylation is 1. The number of rotatable bonds is 8. The summed E-state index contributed by atoms with van der Waals surface area (Å²) in [4.78, 5) is 11.9. The van der Waals surface area contributed by atoms with Crippen molar-refractivity contribution >= 4 is 21.8 Å². The van der Waals surface area contributed by atoms with Gasteiger partial charge in [-0.05, 0) is 30.5 Å². The smallest absolute Gasteiger partial charge is 0.220 e. The molecule has 0 aliphatic rings. The Morgan fingerprint density at radius 1 is 1.47 bits per heavy atom. The van der Waals surface area contributed by atoms with Gasteiger partial charge in [0.15, 0.2) is 0 Å². The first-order valence-corrected chi connectivity index (χ1v) is 7.69. The SMILES string of the molecule is CCCCC(CN)NC(=O)CCc1cccc(Br)c1. The third-order valence-electron chi connectivity index (χ3n) is 3.09. The van der Waals surface area contributed by atoms with Crippen LogP contribution in [-0.2, 0) is 11.2 Å². The second-order valence-corrected chi connectivity index (χ2v) is 5.69. The van der Waals surface area contributed by atoms with Crippen LogP contribution >= 0.6 is 15.9 Å². The molecule has 0 heterocycles. The largest absolute Gasteiger partial charge is 0.352 e. The van der Waals surface area contributed by atoms with E-state index in [4.69, 9.17) is 5.73 Å². The third kappa shape index (κ3) is 6.73. The summed E-state index contributed by atoms with van der Waals surface area (Å²) in [5, 5.41) is 3.01. The summed E-state index contributed by atoms with van der Waals surface area (Å²) in [6, 6.07) is 8.18. The minimum absolute atomic E-state index is 0.0894. The van der Waals surface area contributed by atoms with Crippen molar-refractivity contribution in [2.24, 2.45) is 5.73 Å². The number of unbranched alkanes of at least 4 members (excludes halogenated alkanes) is 1. The highest BCUT2D eigenvalue weighted by Gasteiger charge is 2.10. The van der Waals surface area contributed by atoms with Crippen LogP contribution in [0.5, 0.6) is 0 Å².